The van der Waals surface area contributed by atoms with Crippen molar-refractivity contribution in [2.75, 3.05) is 6.61 Å². The van der Waals surface area contributed by atoms with Gasteiger partial charge in [0.05, 0.1) is 13.0 Å². The average molecular weight is 355 g/mol. The molecule has 0 aliphatic carbocycles. The van der Waals surface area contributed by atoms with Gasteiger partial charge < -0.3 is 14.0 Å². The monoisotopic (exact) mass is 355 g/mol. The molecule has 5 heteroatoms. The Hall–Kier alpha value is -2.82. The second-order valence-electron chi connectivity index (χ2n) is 5.47. The Morgan fingerprint density at radius 1 is 1.12 bits per heavy atom. The van der Waals surface area contributed by atoms with Gasteiger partial charge >= 0.3 is 5.97 Å². The summed E-state index contributed by atoms with van der Waals surface area (Å²) in [6.07, 6.45) is 0.0853. The van der Waals surface area contributed by atoms with Gasteiger partial charge in [0.1, 0.15) is 12.3 Å². The van der Waals surface area contributed by atoms with Crippen LogP contribution in [0.4, 0.5) is 0 Å². The summed E-state index contributed by atoms with van der Waals surface area (Å²) in [5, 5.41) is 4.79. The highest BCUT2D eigenvalue weighted by atomic mass is 16.5. The number of carbonyl (C=O) groups is 1. The maximum absolute atomic E-state index is 11.7. The number of nitrogens with zero attached hydrogens (tertiary/aromatic N) is 1. The molecule has 0 amide bonds. The smallest absolute Gasteiger partial charge is 0.312 e. The summed E-state index contributed by atoms with van der Waals surface area (Å²) in [6.45, 7) is 8.51. The predicted molar refractivity (Wildman–Crippen MR) is 101 cm³/mol. The van der Waals surface area contributed by atoms with E-state index in [0.717, 1.165) is 16.5 Å². The summed E-state index contributed by atoms with van der Waals surface area (Å²) < 4.78 is 16.4. The molecule has 1 heterocycles. The van der Waals surface area contributed by atoms with Gasteiger partial charge in [-0.15, -0.1) is 0 Å². The molecular formula is C21H25NO4. The first-order valence-corrected chi connectivity index (χ1v) is 8.89. The van der Waals surface area contributed by atoms with Gasteiger partial charge in [-0.05, 0) is 31.0 Å². The van der Waals surface area contributed by atoms with Gasteiger partial charge in [0.15, 0.2) is 5.75 Å². The molecule has 0 unspecified atom stereocenters. The molecule has 0 saturated heterocycles. The molecule has 2 aromatic carbocycles. The quantitative estimate of drug-likeness (QED) is 0.592. The van der Waals surface area contributed by atoms with E-state index in [1.54, 1.807) is 6.92 Å². The third kappa shape index (κ3) is 4.63. The summed E-state index contributed by atoms with van der Waals surface area (Å²) in [7, 11) is 0. The Labute approximate surface area is 153 Å². The van der Waals surface area contributed by atoms with Crippen molar-refractivity contribution in [3.8, 4) is 5.75 Å². The Morgan fingerprint density at radius 2 is 1.85 bits per heavy atom. The highest BCUT2D eigenvalue weighted by molar-refractivity contribution is 5.89. The molecule has 0 atom stereocenters. The maximum atomic E-state index is 11.7. The van der Waals surface area contributed by atoms with Crippen molar-refractivity contribution in [3.63, 3.8) is 0 Å². The van der Waals surface area contributed by atoms with Gasteiger partial charge in [-0.25, -0.2) is 0 Å². The van der Waals surface area contributed by atoms with Crippen LogP contribution in [-0.4, -0.2) is 17.7 Å². The minimum absolute atomic E-state index is 0.0853. The Morgan fingerprint density at radius 3 is 2.54 bits per heavy atom. The van der Waals surface area contributed by atoms with Crippen LogP contribution in [0, 0.1) is 6.92 Å². The van der Waals surface area contributed by atoms with E-state index < -0.39 is 0 Å². The van der Waals surface area contributed by atoms with Gasteiger partial charge in [-0.2, -0.15) is 0 Å². The number of rotatable bonds is 6. The first-order chi connectivity index (χ1) is 12.7. The Bertz CT molecular complexity index is 840. The number of aryl methyl sites for hydroxylation is 1. The molecule has 3 aromatic rings. The van der Waals surface area contributed by atoms with Crippen LogP contribution >= 0.6 is 0 Å². The third-order valence-electron chi connectivity index (χ3n) is 3.71. The van der Waals surface area contributed by atoms with Crippen molar-refractivity contribution < 1.29 is 18.8 Å². The number of hydrogen-bond acceptors (Lipinski definition) is 5. The second kappa shape index (κ2) is 9.61. The number of ether oxygens (including phenoxy) is 2. The van der Waals surface area contributed by atoms with E-state index in [4.69, 9.17) is 14.0 Å². The fourth-order valence-corrected chi connectivity index (χ4v) is 2.51. The summed E-state index contributed by atoms with van der Waals surface area (Å²) in [6, 6.07) is 13.7. The number of aromatic nitrogens is 1. The Kier molecular flexibility index (Phi) is 7.21. The molecule has 5 nitrogen and oxygen atoms in total. The van der Waals surface area contributed by atoms with Crippen LogP contribution in [0.2, 0.25) is 0 Å². The highest BCUT2D eigenvalue weighted by Crippen LogP contribution is 2.32. The van der Waals surface area contributed by atoms with Crippen molar-refractivity contribution in [2.24, 2.45) is 0 Å². The van der Waals surface area contributed by atoms with Crippen LogP contribution in [0.5, 0.6) is 5.75 Å². The standard InChI is InChI=1S/C19H19NO4.C2H6/c1-3-22-17(21)11-16-15-10-9-13(2)18(19(15)24-20-16)23-12-14-7-5-4-6-8-14;1-2/h4-10H,3,11-12H2,1-2H3;1-2H3. The SMILES string of the molecule is CC.CCOC(=O)Cc1noc2c(OCc3ccccc3)c(C)ccc12. The number of hydrogen-bond donors (Lipinski definition) is 0. The first-order valence-electron chi connectivity index (χ1n) is 8.89. The number of benzene rings is 2. The van der Waals surface area contributed by atoms with Crippen molar-refractivity contribution in [1.29, 1.82) is 0 Å². The zero-order chi connectivity index (χ0) is 18.9. The van der Waals surface area contributed by atoms with E-state index in [2.05, 4.69) is 5.16 Å². The van der Waals surface area contributed by atoms with Crippen LogP contribution in [0.3, 0.4) is 0 Å². The maximum Gasteiger partial charge on any atom is 0.312 e. The molecule has 3 rings (SSSR count). The average Bonchev–Trinajstić information content (AvgIpc) is 3.06. The van der Waals surface area contributed by atoms with Crippen molar-refractivity contribution in [3.05, 3.63) is 59.3 Å². The van der Waals surface area contributed by atoms with Crippen LogP contribution in [0.15, 0.2) is 47.0 Å². The van der Waals surface area contributed by atoms with Gasteiger partial charge in [-0.1, -0.05) is 55.4 Å². The van der Waals surface area contributed by atoms with E-state index in [1.165, 1.54) is 0 Å². The fraction of sp³-hybridized carbons (Fsp3) is 0.333. The topological polar surface area (TPSA) is 61.6 Å². The van der Waals surface area contributed by atoms with E-state index in [-0.39, 0.29) is 12.4 Å². The predicted octanol–water partition coefficient (Wildman–Crippen LogP) is 4.85. The van der Waals surface area contributed by atoms with Crippen molar-refractivity contribution >= 4 is 16.9 Å². The normalized spacial score (nSPS) is 10.2. The van der Waals surface area contributed by atoms with Crippen molar-refractivity contribution in [1.82, 2.24) is 5.16 Å². The first kappa shape index (κ1) is 19.5. The molecule has 138 valence electrons. The second-order valence-corrected chi connectivity index (χ2v) is 5.47. The van der Waals surface area contributed by atoms with Crippen LogP contribution in [0.25, 0.3) is 11.0 Å². The van der Waals surface area contributed by atoms with Gasteiger partial charge in [-0.3, -0.25) is 4.79 Å². The zero-order valence-corrected chi connectivity index (χ0v) is 15.7. The minimum Gasteiger partial charge on any atom is -0.485 e. The number of fused-ring (bicyclic) bond motifs is 1. The number of carbonyl (C=O) groups excluding carboxylic acids is 1. The molecule has 0 aliphatic heterocycles. The molecule has 0 radical (unpaired) electrons. The van der Waals surface area contributed by atoms with Crippen LogP contribution in [-0.2, 0) is 22.6 Å². The van der Waals surface area contributed by atoms with E-state index >= 15 is 0 Å². The molecule has 0 spiro atoms. The molecule has 0 N–H and O–H groups in total. The van der Waals surface area contributed by atoms with Crippen LogP contribution in [0.1, 0.15) is 37.6 Å². The minimum atomic E-state index is -0.319. The van der Waals surface area contributed by atoms with E-state index in [9.17, 15) is 4.79 Å². The number of esters is 1. The van der Waals surface area contributed by atoms with Gasteiger partial charge in [0.25, 0.3) is 0 Å². The summed E-state index contributed by atoms with van der Waals surface area (Å²) in [4.78, 5) is 11.7. The van der Waals surface area contributed by atoms with Gasteiger partial charge in [0, 0.05) is 5.39 Å². The molecule has 0 saturated carbocycles. The molecule has 0 aliphatic rings. The lowest BCUT2D eigenvalue weighted by molar-refractivity contribution is -0.142. The largest absolute Gasteiger partial charge is 0.485 e. The summed E-state index contributed by atoms with van der Waals surface area (Å²) in [5.74, 6) is 0.332. The van der Waals surface area contributed by atoms with Gasteiger partial charge in [0.2, 0.25) is 5.58 Å². The zero-order valence-electron chi connectivity index (χ0n) is 15.7. The lowest BCUT2D eigenvalue weighted by Crippen LogP contribution is -2.07. The molecule has 1 aromatic heterocycles. The van der Waals surface area contributed by atoms with E-state index in [1.807, 2.05) is 63.2 Å². The third-order valence-corrected chi connectivity index (χ3v) is 3.71. The molecule has 0 bridgehead atoms. The lowest BCUT2D eigenvalue weighted by atomic mass is 10.1. The molecular weight excluding hydrogens is 330 g/mol. The summed E-state index contributed by atoms with van der Waals surface area (Å²) in [5.41, 5.74) is 3.15. The summed E-state index contributed by atoms with van der Waals surface area (Å²) >= 11 is 0. The fourth-order valence-electron chi connectivity index (χ4n) is 2.51. The van der Waals surface area contributed by atoms with Crippen molar-refractivity contribution in [2.45, 2.75) is 40.7 Å². The highest BCUT2D eigenvalue weighted by Gasteiger charge is 2.18. The van der Waals surface area contributed by atoms with E-state index in [0.29, 0.717) is 30.2 Å². The van der Waals surface area contributed by atoms with Crippen LogP contribution < -0.4 is 4.74 Å². The molecule has 26 heavy (non-hydrogen) atoms. The lowest BCUT2D eigenvalue weighted by Gasteiger charge is -2.09. The Balaban J connectivity index is 0.00000117. The molecule has 0 fully saturated rings.